The Morgan fingerprint density at radius 3 is 2.62 bits per heavy atom. The Morgan fingerprint density at radius 2 is 1.93 bits per heavy atom. The van der Waals surface area contributed by atoms with Crippen LogP contribution in [0, 0.1) is 12.8 Å². The van der Waals surface area contributed by atoms with Crippen molar-refractivity contribution in [3.8, 4) is 0 Å². The van der Waals surface area contributed by atoms with Gasteiger partial charge in [-0.05, 0) is 43.5 Å². The normalized spacial score (nSPS) is 19.3. The highest BCUT2D eigenvalue weighted by Gasteiger charge is 2.29. The van der Waals surface area contributed by atoms with Crippen LogP contribution < -0.4 is 10.6 Å². The molecule has 0 aliphatic carbocycles. The largest absolute Gasteiger partial charge is 0.365 e. The van der Waals surface area contributed by atoms with Gasteiger partial charge in [0, 0.05) is 43.8 Å². The minimum absolute atomic E-state index is 0.0299. The van der Waals surface area contributed by atoms with Gasteiger partial charge >= 0.3 is 0 Å². The number of aryl methyl sites for hydroxylation is 1. The molecule has 2 aromatic rings. The van der Waals surface area contributed by atoms with Gasteiger partial charge < -0.3 is 15.5 Å². The standard InChI is InChI=1S/C21H26ClN5O2/c1-14-23-10-9-20(25-14)26-19-8-5-17(12-27(13-19)15(2)28)21(29)24-11-16-3-6-18(22)7-4-16/h3-4,6-7,9-10,17,19H,5,8,11-13H2,1-2H3,(H,24,29)(H,23,25,26)/t17-,19+/m1/s1. The Labute approximate surface area is 175 Å². The van der Waals surface area contributed by atoms with Crippen LogP contribution in [0.2, 0.25) is 5.02 Å². The van der Waals surface area contributed by atoms with Gasteiger partial charge in [-0.2, -0.15) is 0 Å². The van der Waals surface area contributed by atoms with Gasteiger partial charge in [-0.1, -0.05) is 23.7 Å². The average molecular weight is 416 g/mol. The maximum absolute atomic E-state index is 12.8. The summed E-state index contributed by atoms with van der Waals surface area (Å²) in [4.78, 5) is 35.1. The number of halogens is 1. The lowest BCUT2D eigenvalue weighted by Gasteiger charge is -2.25. The molecule has 8 heteroatoms. The predicted molar refractivity (Wildman–Crippen MR) is 112 cm³/mol. The summed E-state index contributed by atoms with van der Waals surface area (Å²) in [5.41, 5.74) is 0.985. The van der Waals surface area contributed by atoms with Crippen molar-refractivity contribution in [3.05, 3.63) is 52.9 Å². The van der Waals surface area contributed by atoms with Crippen molar-refractivity contribution in [2.24, 2.45) is 5.92 Å². The van der Waals surface area contributed by atoms with E-state index in [0.717, 1.165) is 17.8 Å². The van der Waals surface area contributed by atoms with Crippen LogP contribution in [0.15, 0.2) is 36.5 Å². The quantitative estimate of drug-likeness (QED) is 0.784. The zero-order chi connectivity index (χ0) is 20.8. The lowest BCUT2D eigenvalue weighted by molar-refractivity contribution is -0.131. The zero-order valence-corrected chi connectivity index (χ0v) is 17.4. The second-order valence-corrected chi connectivity index (χ2v) is 7.81. The van der Waals surface area contributed by atoms with Gasteiger partial charge in [0.2, 0.25) is 11.8 Å². The number of nitrogens with zero attached hydrogens (tertiary/aromatic N) is 3. The van der Waals surface area contributed by atoms with Crippen molar-refractivity contribution in [2.75, 3.05) is 18.4 Å². The monoisotopic (exact) mass is 415 g/mol. The number of hydrogen-bond acceptors (Lipinski definition) is 5. The molecule has 1 aromatic heterocycles. The van der Waals surface area contributed by atoms with E-state index < -0.39 is 0 Å². The molecule has 2 atom stereocenters. The highest BCUT2D eigenvalue weighted by Crippen LogP contribution is 2.20. The van der Waals surface area contributed by atoms with Crippen molar-refractivity contribution in [3.63, 3.8) is 0 Å². The molecule has 29 heavy (non-hydrogen) atoms. The van der Waals surface area contributed by atoms with Gasteiger partial charge in [0.25, 0.3) is 0 Å². The summed E-state index contributed by atoms with van der Waals surface area (Å²) in [6.45, 7) is 4.78. The number of hydrogen-bond donors (Lipinski definition) is 2. The number of anilines is 1. The van der Waals surface area contributed by atoms with Crippen molar-refractivity contribution in [1.29, 1.82) is 0 Å². The molecule has 2 N–H and O–H groups in total. The molecule has 1 aliphatic heterocycles. The fourth-order valence-corrected chi connectivity index (χ4v) is 3.59. The third kappa shape index (κ3) is 6.15. The number of carbonyl (C=O) groups excluding carboxylic acids is 2. The second kappa shape index (κ2) is 9.69. The Morgan fingerprint density at radius 1 is 1.17 bits per heavy atom. The minimum atomic E-state index is -0.245. The predicted octanol–water partition coefficient (Wildman–Crippen LogP) is 2.79. The molecule has 7 nitrogen and oxygen atoms in total. The van der Waals surface area contributed by atoms with Crippen LogP contribution in [0.3, 0.4) is 0 Å². The van der Waals surface area contributed by atoms with Gasteiger partial charge in [0.15, 0.2) is 0 Å². The average Bonchev–Trinajstić information content (AvgIpc) is 2.90. The molecular formula is C21H26ClN5O2. The first-order chi connectivity index (χ1) is 13.9. The van der Waals surface area contributed by atoms with Gasteiger partial charge in [-0.15, -0.1) is 0 Å². The Hall–Kier alpha value is -2.67. The summed E-state index contributed by atoms with van der Waals surface area (Å²) in [5, 5.41) is 7.03. The molecule has 154 valence electrons. The molecule has 1 saturated heterocycles. The summed E-state index contributed by atoms with van der Waals surface area (Å²) < 4.78 is 0. The summed E-state index contributed by atoms with van der Waals surface area (Å²) in [5.74, 6) is 1.10. The summed E-state index contributed by atoms with van der Waals surface area (Å²) in [6, 6.07) is 9.23. The maximum Gasteiger partial charge on any atom is 0.225 e. The third-order valence-corrected chi connectivity index (χ3v) is 5.32. The van der Waals surface area contributed by atoms with Crippen LogP contribution >= 0.6 is 11.6 Å². The topological polar surface area (TPSA) is 87.2 Å². The number of likely N-dealkylation sites (tertiary alicyclic amines) is 1. The van der Waals surface area contributed by atoms with Crippen LogP contribution in [0.5, 0.6) is 0 Å². The van der Waals surface area contributed by atoms with E-state index in [0.29, 0.717) is 36.9 Å². The van der Waals surface area contributed by atoms with E-state index in [1.807, 2.05) is 25.1 Å². The van der Waals surface area contributed by atoms with E-state index in [9.17, 15) is 9.59 Å². The number of rotatable bonds is 5. The van der Waals surface area contributed by atoms with E-state index in [2.05, 4.69) is 20.6 Å². The third-order valence-electron chi connectivity index (χ3n) is 5.07. The fraction of sp³-hybridized carbons (Fsp3) is 0.429. The van der Waals surface area contributed by atoms with Crippen LogP contribution in [0.1, 0.15) is 31.2 Å². The first-order valence-electron chi connectivity index (χ1n) is 9.74. The van der Waals surface area contributed by atoms with Crippen molar-refractivity contribution >= 4 is 29.2 Å². The zero-order valence-electron chi connectivity index (χ0n) is 16.7. The Balaban J connectivity index is 1.62. The van der Waals surface area contributed by atoms with E-state index >= 15 is 0 Å². The number of nitrogens with one attached hydrogen (secondary N) is 2. The van der Waals surface area contributed by atoms with Crippen LogP contribution in [0.4, 0.5) is 5.82 Å². The number of aromatic nitrogens is 2. The molecule has 0 saturated carbocycles. The number of carbonyl (C=O) groups is 2. The fourth-order valence-electron chi connectivity index (χ4n) is 3.46. The van der Waals surface area contributed by atoms with E-state index in [4.69, 9.17) is 11.6 Å². The molecule has 0 bridgehead atoms. The lowest BCUT2D eigenvalue weighted by atomic mass is 10.0. The molecule has 1 fully saturated rings. The summed E-state index contributed by atoms with van der Waals surface area (Å²) in [6.07, 6.45) is 3.17. The molecule has 2 amide bonds. The van der Waals surface area contributed by atoms with Gasteiger partial charge in [0.05, 0.1) is 5.92 Å². The molecule has 2 heterocycles. The van der Waals surface area contributed by atoms with Crippen molar-refractivity contribution in [2.45, 2.75) is 39.3 Å². The molecule has 0 radical (unpaired) electrons. The minimum Gasteiger partial charge on any atom is -0.365 e. The van der Waals surface area contributed by atoms with Crippen molar-refractivity contribution < 1.29 is 9.59 Å². The molecule has 0 spiro atoms. The molecule has 3 rings (SSSR count). The first-order valence-corrected chi connectivity index (χ1v) is 10.1. The SMILES string of the molecule is CC(=O)N1C[C@@H](Nc2ccnc(C)n2)CC[C@@H](C(=O)NCc2ccc(Cl)cc2)C1. The van der Waals surface area contributed by atoms with E-state index in [1.54, 1.807) is 30.2 Å². The smallest absolute Gasteiger partial charge is 0.225 e. The van der Waals surface area contributed by atoms with Crippen LogP contribution in [-0.4, -0.2) is 45.8 Å². The first kappa shape index (κ1) is 21.0. The highest BCUT2D eigenvalue weighted by molar-refractivity contribution is 6.30. The number of amides is 2. The van der Waals surface area contributed by atoms with Crippen molar-refractivity contribution in [1.82, 2.24) is 20.2 Å². The van der Waals surface area contributed by atoms with E-state index in [-0.39, 0.29) is 23.8 Å². The van der Waals surface area contributed by atoms with Crippen LogP contribution in [0.25, 0.3) is 0 Å². The van der Waals surface area contributed by atoms with Crippen LogP contribution in [-0.2, 0) is 16.1 Å². The van der Waals surface area contributed by atoms with E-state index in [1.165, 1.54) is 0 Å². The molecule has 1 aromatic carbocycles. The van der Waals surface area contributed by atoms with Gasteiger partial charge in [0.1, 0.15) is 11.6 Å². The van der Waals surface area contributed by atoms with Gasteiger partial charge in [-0.25, -0.2) is 9.97 Å². The highest BCUT2D eigenvalue weighted by atomic mass is 35.5. The maximum atomic E-state index is 12.8. The molecule has 0 unspecified atom stereocenters. The van der Waals surface area contributed by atoms with Gasteiger partial charge in [-0.3, -0.25) is 9.59 Å². The Kier molecular flexibility index (Phi) is 7.04. The summed E-state index contributed by atoms with van der Waals surface area (Å²) in [7, 11) is 0. The lowest BCUT2D eigenvalue weighted by Crippen LogP contribution is -2.41. The molecule has 1 aliphatic rings. The second-order valence-electron chi connectivity index (χ2n) is 7.37. The summed E-state index contributed by atoms with van der Waals surface area (Å²) >= 11 is 5.90. The Bertz CT molecular complexity index is 858. The number of benzene rings is 1. The molecular weight excluding hydrogens is 390 g/mol.